The van der Waals surface area contributed by atoms with Gasteiger partial charge in [-0.1, -0.05) is 44.2 Å². The summed E-state index contributed by atoms with van der Waals surface area (Å²) in [6.07, 6.45) is 1.74. The van der Waals surface area contributed by atoms with Gasteiger partial charge in [-0.3, -0.25) is 9.69 Å². The van der Waals surface area contributed by atoms with E-state index in [9.17, 15) is 9.90 Å². The highest BCUT2D eigenvalue weighted by Gasteiger charge is 2.31. The number of ketones is 1. The Hall–Kier alpha value is -2.59. The van der Waals surface area contributed by atoms with Crippen LogP contribution < -0.4 is 4.74 Å². The summed E-state index contributed by atoms with van der Waals surface area (Å²) in [5.41, 5.74) is 2.08. The molecule has 0 saturated heterocycles. The van der Waals surface area contributed by atoms with Gasteiger partial charge in [0.05, 0.1) is 11.1 Å². The zero-order chi connectivity index (χ0) is 17.1. The van der Waals surface area contributed by atoms with Crippen LogP contribution in [0.4, 0.5) is 0 Å². The Kier molecular flexibility index (Phi) is 4.67. The van der Waals surface area contributed by atoms with E-state index in [1.165, 1.54) is 0 Å². The molecule has 0 spiro atoms. The molecule has 0 fully saturated rings. The number of hydrogen-bond acceptors (Lipinski definition) is 4. The Morgan fingerprint density at radius 1 is 1.08 bits per heavy atom. The van der Waals surface area contributed by atoms with Crippen LogP contribution >= 0.6 is 0 Å². The van der Waals surface area contributed by atoms with E-state index < -0.39 is 0 Å². The molecule has 0 atom stereocenters. The van der Waals surface area contributed by atoms with Gasteiger partial charge in [0.2, 0.25) is 5.78 Å². The zero-order valence-corrected chi connectivity index (χ0v) is 14.0. The number of phenols is 1. The van der Waals surface area contributed by atoms with Crippen LogP contribution in [0.1, 0.15) is 35.3 Å². The second kappa shape index (κ2) is 6.89. The van der Waals surface area contributed by atoms with E-state index in [-0.39, 0.29) is 11.5 Å². The molecule has 0 aliphatic carbocycles. The van der Waals surface area contributed by atoms with Gasteiger partial charge >= 0.3 is 0 Å². The second-order valence-electron chi connectivity index (χ2n) is 5.75. The van der Waals surface area contributed by atoms with Crippen molar-refractivity contribution in [3.05, 3.63) is 64.9 Å². The molecule has 0 aromatic heterocycles. The number of hydrogen-bond donors (Lipinski definition) is 1. The Labute approximate surface area is 142 Å². The molecule has 2 aromatic rings. The van der Waals surface area contributed by atoms with E-state index in [1.54, 1.807) is 18.2 Å². The van der Waals surface area contributed by atoms with Crippen LogP contribution in [0.5, 0.6) is 11.5 Å². The van der Waals surface area contributed by atoms with Crippen molar-refractivity contribution >= 4 is 11.9 Å². The fourth-order valence-corrected chi connectivity index (χ4v) is 2.82. The van der Waals surface area contributed by atoms with Crippen molar-refractivity contribution < 1.29 is 14.6 Å². The predicted octanol–water partition coefficient (Wildman–Crippen LogP) is 3.85. The van der Waals surface area contributed by atoms with E-state index in [4.69, 9.17) is 4.74 Å². The molecular formula is C20H21NO3. The topological polar surface area (TPSA) is 49.8 Å². The first-order chi connectivity index (χ1) is 11.6. The number of rotatable bonds is 5. The molecule has 1 aliphatic heterocycles. The number of Topliss-reactive ketones (excluding diaryl/α,β-unsaturated/α-hetero) is 1. The van der Waals surface area contributed by atoms with Gasteiger partial charge in [-0.05, 0) is 36.9 Å². The normalized spacial score (nSPS) is 15.0. The van der Waals surface area contributed by atoms with Crippen LogP contribution in [-0.2, 0) is 6.54 Å². The molecule has 1 N–H and O–H groups in total. The number of phenolic OH excluding ortho intramolecular Hbond substituents is 1. The van der Waals surface area contributed by atoms with E-state index in [0.717, 1.165) is 18.7 Å². The number of aromatic hydroxyl groups is 1. The van der Waals surface area contributed by atoms with Crippen molar-refractivity contribution in [1.82, 2.24) is 4.90 Å². The average Bonchev–Trinajstić information content (AvgIpc) is 2.91. The number of carbonyl (C=O) groups is 1. The Bertz CT molecular complexity index is 777. The molecular weight excluding hydrogens is 302 g/mol. The summed E-state index contributed by atoms with van der Waals surface area (Å²) < 4.78 is 5.85. The van der Waals surface area contributed by atoms with Crippen LogP contribution in [0.3, 0.4) is 0 Å². The van der Waals surface area contributed by atoms with Crippen molar-refractivity contribution in [2.75, 3.05) is 13.1 Å². The standard InChI is InChI=1S/C20H21NO3/c1-3-21(4-2)13-16-17(22)11-10-15-19(23)18(24-20(15)16)12-14-8-6-5-7-9-14/h5-12,22H,3-4,13H2,1-2H3. The zero-order valence-electron chi connectivity index (χ0n) is 14.0. The summed E-state index contributed by atoms with van der Waals surface area (Å²) in [7, 11) is 0. The van der Waals surface area contributed by atoms with E-state index in [0.29, 0.717) is 29.2 Å². The van der Waals surface area contributed by atoms with Crippen molar-refractivity contribution in [3.8, 4) is 11.5 Å². The molecule has 24 heavy (non-hydrogen) atoms. The van der Waals surface area contributed by atoms with Crippen molar-refractivity contribution in [1.29, 1.82) is 0 Å². The molecule has 4 nitrogen and oxygen atoms in total. The highest BCUT2D eigenvalue weighted by molar-refractivity contribution is 6.14. The maximum atomic E-state index is 12.6. The summed E-state index contributed by atoms with van der Waals surface area (Å²) in [5.74, 6) is 0.792. The van der Waals surface area contributed by atoms with Gasteiger partial charge < -0.3 is 9.84 Å². The molecule has 1 aliphatic rings. The number of allylic oxidation sites excluding steroid dienone is 1. The molecule has 0 amide bonds. The number of fused-ring (bicyclic) bond motifs is 1. The number of benzene rings is 2. The van der Waals surface area contributed by atoms with Crippen LogP contribution in [0.2, 0.25) is 0 Å². The lowest BCUT2D eigenvalue weighted by molar-refractivity contribution is 0.101. The first-order valence-corrected chi connectivity index (χ1v) is 8.20. The van der Waals surface area contributed by atoms with Crippen LogP contribution in [0, 0.1) is 0 Å². The second-order valence-corrected chi connectivity index (χ2v) is 5.75. The van der Waals surface area contributed by atoms with E-state index in [2.05, 4.69) is 18.7 Å². The lowest BCUT2D eigenvalue weighted by Gasteiger charge is -2.20. The minimum Gasteiger partial charge on any atom is -0.507 e. The summed E-state index contributed by atoms with van der Waals surface area (Å²) in [6.45, 7) is 6.40. The molecule has 3 rings (SSSR count). The highest BCUT2D eigenvalue weighted by atomic mass is 16.5. The monoisotopic (exact) mass is 323 g/mol. The minimum atomic E-state index is -0.144. The molecule has 124 valence electrons. The maximum Gasteiger partial charge on any atom is 0.231 e. The van der Waals surface area contributed by atoms with Crippen molar-refractivity contribution in [2.45, 2.75) is 20.4 Å². The van der Waals surface area contributed by atoms with Gasteiger partial charge in [-0.2, -0.15) is 0 Å². The third-order valence-electron chi connectivity index (χ3n) is 4.29. The van der Waals surface area contributed by atoms with Crippen molar-refractivity contribution in [3.63, 3.8) is 0 Å². The molecule has 1 heterocycles. The molecule has 4 heteroatoms. The van der Waals surface area contributed by atoms with E-state index >= 15 is 0 Å². The van der Waals surface area contributed by atoms with Gasteiger partial charge in [0, 0.05) is 6.54 Å². The van der Waals surface area contributed by atoms with Gasteiger partial charge in [0.25, 0.3) is 0 Å². The summed E-state index contributed by atoms with van der Waals surface area (Å²) >= 11 is 0. The highest BCUT2D eigenvalue weighted by Crippen LogP contribution is 2.40. The summed E-state index contributed by atoms with van der Waals surface area (Å²) in [4.78, 5) is 14.8. The van der Waals surface area contributed by atoms with Crippen LogP contribution in [-0.4, -0.2) is 28.9 Å². The third kappa shape index (κ3) is 3.05. The minimum absolute atomic E-state index is 0.144. The molecule has 2 aromatic carbocycles. The van der Waals surface area contributed by atoms with Crippen LogP contribution in [0.25, 0.3) is 6.08 Å². The largest absolute Gasteiger partial charge is 0.507 e. The first-order valence-electron chi connectivity index (χ1n) is 8.20. The molecule has 0 bridgehead atoms. The molecule has 0 saturated carbocycles. The fraction of sp³-hybridized carbons (Fsp3) is 0.250. The van der Waals surface area contributed by atoms with Gasteiger partial charge in [-0.25, -0.2) is 0 Å². The van der Waals surface area contributed by atoms with Crippen LogP contribution in [0.15, 0.2) is 48.2 Å². The summed E-state index contributed by atoms with van der Waals surface area (Å²) in [6, 6.07) is 12.8. The Morgan fingerprint density at radius 2 is 1.79 bits per heavy atom. The SMILES string of the molecule is CCN(CC)Cc1c(O)ccc2c1OC(=Cc1ccccc1)C2=O. The Balaban J connectivity index is 1.98. The quantitative estimate of drug-likeness (QED) is 0.849. The molecule has 0 unspecified atom stereocenters. The molecule has 0 radical (unpaired) electrons. The van der Waals surface area contributed by atoms with Gasteiger partial charge in [-0.15, -0.1) is 0 Å². The lowest BCUT2D eigenvalue weighted by atomic mass is 10.0. The number of ether oxygens (including phenoxy) is 1. The summed E-state index contributed by atoms with van der Waals surface area (Å²) in [5, 5.41) is 10.2. The van der Waals surface area contributed by atoms with Crippen molar-refractivity contribution in [2.24, 2.45) is 0 Å². The number of nitrogens with zero attached hydrogens (tertiary/aromatic N) is 1. The predicted molar refractivity (Wildman–Crippen MR) is 94.1 cm³/mol. The first kappa shape index (κ1) is 16.3. The van der Waals surface area contributed by atoms with E-state index in [1.807, 2.05) is 30.3 Å². The fourth-order valence-electron chi connectivity index (χ4n) is 2.82. The van der Waals surface area contributed by atoms with Gasteiger partial charge in [0.15, 0.2) is 5.76 Å². The van der Waals surface area contributed by atoms with Gasteiger partial charge in [0.1, 0.15) is 11.5 Å². The lowest BCUT2D eigenvalue weighted by Crippen LogP contribution is -2.22. The number of carbonyl (C=O) groups excluding carboxylic acids is 1. The smallest absolute Gasteiger partial charge is 0.231 e. The third-order valence-corrected chi connectivity index (χ3v) is 4.29. The maximum absolute atomic E-state index is 12.6. The average molecular weight is 323 g/mol. The Morgan fingerprint density at radius 3 is 2.46 bits per heavy atom.